The third-order valence-electron chi connectivity index (χ3n) is 5.56. The van der Waals surface area contributed by atoms with E-state index in [1.807, 2.05) is 24.3 Å². The van der Waals surface area contributed by atoms with E-state index in [2.05, 4.69) is 10.6 Å². The largest absolute Gasteiger partial charge is 0.507 e. The molecule has 180 valence electrons. The summed E-state index contributed by atoms with van der Waals surface area (Å²) in [7, 11) is 0. The monoisotopic (exact) mass is 514 g/mol. The first-order valence-electron chi connectivity index (χ1n) is 10.7. The first-order valence-corrected chi connectivity index (χ1v) is 11.4. The molecule has 4 N–H and O–H groups in total. The Bertz CT molecular complexity index is 1300. The van der Waals surface area contributed by atoms with Gasteiger partial charge in [0, 0.05) is 5.69 Å². The Morgan fingerprint density at radius 3 is 2.43 bits per heavy atom. The maximum atomic E-state index is 13.0. The first-order chi connectivity index (χ1) is 16.7. The van der Waals surface area contributed by atoms with Crippen LogP contribution >= 0.6 is 23.2 Å². The van der Waals surface area contributed by atoms with Gasteiger partial charge in [-0.15, -0.1) is 0 Å². The summed E-state index contributed by atoms with van der Waals surface area (Å²) in [5.41, 5.74) is 2.34. The molecule has 0 heterocycles. The minimum Gasteiger partial charge on any atom is -0.507 e. The SMILES string of the molecule is O=C(O)C(=O)Nc1cc(Cl)c(Oc2ccc(O)c(C(=O)NC3CCCc4ccccc43)c2)c(Cl)c1. The molecule has 0 bridgehead atoms. The standard InChI is InChI=1S/C25H20Cl2N2O6/c26-18-10-14(28-24(32)25(33)34)11-19(27)22(18)35-15-8-9-21(30)17(12-15)23(31)29-20-7-3-5-13-4-1-2-6-16(13)20/h1-2,4,6,8-12,20,30H,3,5,7H2,(H,28,32)(H,29,31)(H,33,34). The lowest BCUT2D eigenvalue weighted by Crippen LogP contribution is -2.31. The van der Waals surface area contributed by atoms with E-state index in [1.54, 1.807) is 0 Å². The van der Waals surface area contributed by atoms with Crippen molar-refractivity contribution < 1.29 is 29.3 Å². The van der Waals surface area contributed by atoms with E-state index >= 15 is 0 Å². The summed E-state index contributed by atoms with van der Waals surface area (Å²) in [6.07, 6.45) is 2.68. The molecular weight excluding hydrogens is 495 g/mol. The van der Waals surface area contributed by atoms with Crippen LogP contribution in [-0.2, 0) is 16.0 Å². The number of carboxylic acid groups (broad SMARTS) is 1. The van der Waals surface area contributed by atoms with Gasteiger partial charge in [-0.1, -0.05) is 47.5 Å². The normalized spacial score (nSPS) is 14.5. The van der Waals surface area contributed by atoms with Gasteiger partial charge in [-0.2, -0.15) is 0 Å². The van der Waals surface area contributed by atoms with Crippen LogP contribution in [-0.4, -0.2) is 28.0 Å². The van der Waals surface area contributed by atoms with Gasteiger partial charge in [0.1, 0.15) is 11.5 Å². The van der Waals surface area contributed by atoms with Gasteiger partial charge < -0.3 is 25.6 Å². The fourth-order valence-corrected chi connectivity index (χ4v) is 4.50. The molecular formula is C25H20Cl2N2O6. The summed E-state index contributed by atoms with van der Waals surface area (Å²) in [4.78, 5) is 35.1. The molecule has 0 spiro atoms. The van der Waals surface area contributed by atoms with Crippen LogP contribution in [0.1, 0.15) is 40.4 Å². The molecule has 1 unspecified atom stereocenters. The minimum absolute atomic E-state index is 0.00363. The van der Waals surface area contributed by atoms with Crippen molar-refractivity contribution in [3.8, 4) is 17.2 Å². The summed E-state index contributed by atoms with van der Waals surface area (Å²) in [6.45, 7) is 0. The van der Waals surface area contributed by atoms with Crippen molar-refractivity contribution >= 4 is 46.7 Å². The molecule has 3 aromatic carbocycles. The van der Waals surface area contributed by atoms with Crippen LogP contribution < -0.4 is 15.4 Å². The average molecular weight is 515 g/mol. The number of amides is 2. The number of hydrogen-bond donors (Lipinski definition) is 4. The number of phenols is 1. The Hall–Kier alpha value is -3.75. The maximum Gasteiger partial charge on any atom is 0.394 e. The van der Waals surface area contributed by atoms with Crippen LogP contribution in [0.5, 0.6) is 17.2 Å². The number of halogens is 2. The van der Waals surface area contributed by atoms with Crippen molar-refractivity contribution in [3.63, 3.8) is 0 Å². The fourth-order valence-electron chi connectivity index (χ4n) is 3.93. The number of aliphatic carboxylic acids is 1. The smallest absolute Gasteiger partial charge is 0.394 e. The molecule has 0 fully saturated rings. The number of fused-ring (bicyclic) bond motifs is 1. The first kappa shape index (κ1) is 24.4. The predicted octanol–water partition coefficient (Wildman–Crippen LogP) is 5.32. The molecule has 35 heavy (non-hydrogen) atoms. The second-order valence-corrected chi connectivity index (χ2v) is 8.74. The number of aromatic hydroxyl groups is 1. The van der Waals surface area contributed by atoms with E-state index in [0.717, 1.165) is 24.8 Å². The Labute approximate surface area is 210 Å². The highest BCUT2D eigenvalue weighted by atomic mass is 35.5. The Morgan fingerprint density at radius 2 is 1.71 bits per heavy atom. The molecule has 0 saturated carbocycles. The van der Waals surface area contributed by atoms with Gasteiger partial charge >= 0.3 is 11.9 Å². The van der Waals surface area contributed by atoms with Crippen LogP contribution in [0.2, 0.25) is 10.0 Å². The summed E-state index contributed by atoms with van der Waals surface area (Å²) in [5.74, 6) is -3.38. The van der Waals surface area contributed by atoms with Crippen LogP contribution in [0.4, 0.5) is 5.69 Å². The highest BCUT2D eigenvalue weighted by Gasteiger charge is 2.24. The number of carbonyl (C=O) groups is 3. The van der Waals surface area contributed by atoms with E-state index < -0.39 is 17.8 Å². The number of hydrogen-bond acceptors (Lipinski definition) is 5. The average Bonchev–Trinajstić information content (AvgIpc) is 2.82. The van der Waals surface area contributed by atoms with Crippen LogP contribution in [0.3, 0.4) is 0 Å². The number of aryl methyl sites for hydroxylation is 1. The van der Waals surface area contributed by atoms with E-state index in [1.165, 1.54) is 35.9 Å². The Balaban J connectivity index is 1.54. The zero-order chi connectivity index (χ0) is 25.1. The van der Waals surface area contributed by atoms with Gasteiger partial charge in [-0.05, 0) is 60.7 Å². The summed E-state index contributed by atoms with van der Waals surface area (Å²) < 4.78 is 5.76. The third kappa shape index (κ3) is 5.50. The summed E-state index contributed by atoms with van der Waals surface area (Å²) in [5, 5.41) is 24.2. The van der Waals surface area contributed by atoms with Crippen molar-refractivity contribution in [2.75, 3.05) is 5.32 Å². The van der Waals surface area contributed by atoms with Crippen molar-refractivity contribution in [1.29, 1.82) is 0 Å². The van der Waals surface area contributed by atoms with E-state index in [4.69, 9.17) is 33.0 Å². The lowest BCUT2D eigenvalue weighted by molar-refractivity contribution is -0.147. The van der Waals surface area contributed by atoms with E-state index in [9.17, 15) is 19.5 Å². The number of anilines is 1. The van der Waals surface area contributed by atoms with Crippen LogP contribution in [0.15, 0.2) is 54.6 Å². The highest BCUT2D eigenvalue weighted by Crippen LogP contribution is 2.40. The second-order valence-electron chi connectivity index (χ2n) is 7.93. The number of carbonyl (C=O) groups excluding carboxylic acids is 2. The molecule has 0 saturated heterocycles. The van der Waals surface area contributed by atoms with Gasteiger partial charge in [0.2, 0.25) is 0 Å². The van der Waals surface area contributed by atoms with Gasteiger partial charge in [0.15, 0.2) is 5.75 Å². The highest BCUT2D eigenvalue weighted by molar-refractivity contribution is 6.39. The maximum absolute atomic E-state index is 13.0. The molecule has 0 aliphatic heterocycles. The van der Waals surface area contributed by atoms with Crippen LogP contribution in [0.25, 0.3) is 0 Å². The van der Waals surface area contributed by atoms with E-state index in [0.29, 0.717) is 0 Å². The number of benzene rings is 3. The molecule has 8 nitrogen and oxygen atoms in total. The molecule has 10 heteroatoms. The number of ether oxygens (including phenoxy) is 1. The fraction of sp³-hybridized carbons (Fsp3) is 0.160. The predicted molar refractivity (Wildman–Crippen MR) is 130 cm³/mol. The summed E-state index contributed by atoms with van der Waals surface area (Å²) in [6, 6.07) is 14.4. The lowest BCUT2D eigenvalue weighted by atomic mass is 9.87. The number of rotatable bonds is 5. The molecule has 1 aliphatic carbocycles. The van der Waals surface area contributed by atoms with Gasteiger partial charge in [-0.3, -0.25) is 9.59 Å². The zero-order valence-electron chi connectivity index (χ0n) is 18.2. The van der Waals surface area contributed by atoms with Gasteiger partial charge in [-0.25, -0.2) is 4.79 Å². The molecule has 2 amide bonds. The molecule has 0 aromatic heterocycles. The molecule has 0 radical (unpaired) electrons. The van der Waals surface area contributed by atoms with Crippen molar-refractivity contribution in [1.82, 2.24) is 5.32 Å². The Kier molecular flexibility index (Phi) is 7.14. The van der Waals surface area contributed by atoms with Gasteiger partial charge in [0.05, 0.1) is 21.7 Å². The number of nitrogens with one attached hydrogen (secondary N) is 2. The van der Waals surface area contributed by atoms with Gasteiger partial charge in [0.25, 0.3) is 5.91 Å². The quantitative estimate of drug-likeness (QED) is 0.341. The minimum atomic E-state index is -1.66. The van der Waals surface area contributed by atoms with Crippen molar-refractivity contribution in [2.45, 2.75) is 25.3 Å². The number of carboxylic acids is 1. The zero-order valence-corrected chi connectivity index (χ0v) is 19.7. The second kappa shape index (κ2) is 10.2. The molecule has 3 aromatic rings. The lowest BCUT2D eigenvalue weighted by Gasteiger charge is -2.26. The molecule has 1 aliphatic rings. The van der Waals surface area contributed by atoms with E-state index in [-0.39, 0.29) is 44.6 Å². The molecule has 4 rings (SSSR count). The van der Waals surface area contributed by atoms with Crippen molar-refractivity contribution in [2.24, 2.45) is 0 Å². The number of phenolic OH excluding ortho intramolecular Hbond substituents is 1. The third-order valence-corrected chi connectivity index (χ3v) is 6.12. The summed E-state index contributed by atoms with van der Waals surface area (Å²) >= 11 is 12.4. The van der Waals surface area contributed by atoms with Crippen molar-refractivity contribution in [3.05, 3.63) is 81.3 Å². The Morgan fingerprint density at radius 1 is 1.00 bits per heavy atom. The van der Waals surface area contributed by atoms with Crippen LogP contribution in [0, 0.1) is 0 Å². The molecule has 1 atom stereocenters. The topological polar surface area (TPSA) is 125 Å².